The molecular formula is C22H23F2N5OS. The molecule has 3 N–H and O–H groups in total. The Hall–Kier alpha value is -2.68. The number of fused-ring (bicyclic) bond motifs is 1. The molecule has 0 spiro atoms. The maximum absolute atomic E-state index is 13.3. The number of aromatic amines is 1. The van der Waals surface area contributed by atoms with Crippen molar-refractivity contribution in [3.63, 3.8) is 0 Å². The quantitative estimate of drug-likeness (QED) is 0.433. The lowest BCUT2D eigenvalue weighted by Crippen LogP contribution is -2.18. The van der Waals surface area contributed by atoms with Crippen molar-refractivity contribution >= 4 is 46.0 Å². The highest BCUT2D eigenvalue weighted by Crippen LogP contribution is 2.49. The number of nitrogens with zero attached hydrogens (tertiary/aromatic N) is 2. The average Bonchev–Trinajstić information content (AvgIpc) is 3.15. The molecule has 31 heavy (non-hydrogen) atoms. The second kappa shape index (κ2) is 7.47. The van der Waals surface area contributed by atoms with E-state index in [4.69, 9.17) is 0 Å². The van der Waals surface area contributed by atoms with Gasteiger partial charge in [0.05, 0.1) is 11.4 Å². The molecule has 0 aliphatic heterocycles. The van der Waals surface area contributed by atoms with Gasteiger partial charge >= 0.3 is 0 Å². The van der Waals surface area contributed by atoms with Crippen molar-refractivity contribution in [2.24, 2.45) is 5.92 Å². The number of anilines is 3. The van der Waals surface area contributed by atoms with E-state index in [0.29, 0.717) is 28.6 Å². The zero-order chi connectivity index (χ0) is 21.8. The monoisotopic (exact) mass is 443 g/mol. The Morgan fingerprint density at radius 1 is 1.23 bits per heavy atom. The number of pyridine rings is 1. The SMILES string of the molecule is CSc1cc(C2CCC2)ccc1Nc1cc(NC(=O)C2CC2(F)F)nc2nc(C)[nH]c12. The molecule has 1 atom stereocenters. The van der Waals surface area contributed by atoms with E-state index in [1.807, 2.05) is 13.2 Å². The molecule has 6 nitrogen and oxygen atoms in total. The number of hydrogen-bond donors (Lipinski definition) is 3. The number of carbonyl (C=O) groups is 1. The number of amides is 1. The number of thioether (sulfide) groups is 1. The molecule has 2 heterocycles. The molecule has 0 bridgehead atoms. The normalized spacial score (nSPS) is 19.8. The fourth-order valence-electron chi connectivity index (χ4n) is 3.93. The van der Waals surface area contributed by atoms with Crippen LogP contribution < -0.4 is 10.6 Å². The number of alkyl halides is 2. The first-order chi connectivity index (χ1) is 14.8. The fourth-order valence-corrected chi connectivity index (χ4v) is 4.52. The number of aryl methyl sites for hydroxylation is 1. The van der Waals surface area contributed by atoms with Gasteiger partial charge < -0.3 is 15.6 Å². The first kappa shape index (κ1) is 20.2. The summed E-state index contributed by atoms with van der Waals surface area (Å²) in [6.07, 6.45) is 5.38. The highest BCUT2D eigenvalue weighted by atomic mass is 32.2. The smallest absolute Gasteiger partial charge is 0.260 e. The van der Waals surface area contributed by atoms with Crippen LogP contribution in [0.15, 0.2) is 29.2 Å². The molecule has 2 fully saturated rings. The van der Waals surface area contributed by atoms with Gasteiger partial charge in [-0.2, -0.15) is 0 Å². The van der Waals surface area contributed by atoms with Crippen LogP contribution in [0.3, 0.4) is 0 Å². The summed E-state index contributed by atoms with van der Waals surface area (Å²) in [5.41, 5.74) is 4.08. The lowest BCUT2D eigenvalue weighted by Gasteiger charge is -2.26. The molecule has 5 rings (SSSR count). The number of H-pyrrole nitrogens is 1. The maximum atomic E-state index is 13.3. The van der Waals surface area contributed by atoms with Gasteiger partial charge in [-0.05, 0) is 49.6 Å². The van der Waals surface area contributed by atoms with E-state index in [0.717, 1.165) is 10.6 Å². The summed E-state index contributed by atoms with van der Waals surface area (Å²) in [4.78, 5) is 25.1. The van der Waals surface area contributed by atoms with Crippen LogP contribution >= 0.6 is 11.8 Å². The molecule has 2 aliphatic carbocycles. The largest absolute Gasteiger partial charge is 0.353 e. The van der Waals surface area contributed by atoms with E-state index in [-0.39, 0.29) is 5.82 Å². The molecule has 1 aromatic carbocycles. The zero-order valence-electron chi connectivity index (χ0n) is 17.3. The Labute approximate surface area is 182 Å². The molecule has 1 amide bonds. The number of imidazole rings is 1. The molecule has 2 aromatic heterocycles. The Bertz CT molecular complexity index is 1170. The Morgan fingerprint density at radius 2 is 2.00 bits per heavy atom. The highest BCUT2D eigenvalue weighted by Gasteiger charge is 2.61. The predicted molar refractivity (Wildman–Crippen MR) is 118 cm³/mol. The van der Waals surface area contributed by atoms with E-state index in [2.05, 4.69) is 43.8 Å². The predicted octanol–water partition coefficient (Wildman–Crippen LogP) is 5.59. The van der Waals surface area contributed by atoms with Gasteiger partial charge in [0.1, 0.15) is 23.1 Å². The van der Waals surface area contributed by atoms with Crippen LogP contribution in [0, 0.1) is 12.8 Å². The standard InChI is InChI=1S/C22H23F2N5OS/c1-11-25-19-16(27-15-7-6-13(8-17(15)31-2)12-4-3-5-12)9-18(28-20(19)26-11)29-21(30)14-10-22(14,23)24/h6-9,12,14H,3-5,10H2,1-2H3,(H3,25,26,27,28,29,30). The van der Waals surface area contributed by atoms with Gasteiger partial charge in [0.2, 0.25) is 5.91 Å². The topological polar surface area (TPSA) is 82.7 Å². The summed E-state index contributed by atoms with van der Waals surface area (Å²) < 4.78 is 26.5. The number of hydrogen-bond acceptors (Lipinski definition) is 5. The Kier molecular flexibility index (Phi) is 4.88. The van der Waals surface area contributed by atoms with Crippen molar-refractivity contribution in [3.8, 4) is 0 Å². The summed E-state index contributed by atoms with van der Waals surface area (Å²) in [6, 6.07) is 8.10. The summed E-state index contributed by atoms with van der Waals surface area (Å²) in [5.74, 6) is -3.41. The van der Waals surface area contributed by atoms with Gasteiger partial charge in [-0.15, -0.1) is 11.8 Å². The van der Waals surface area contributed by atoms with Gasteiger partial charge in [-0.3, -0.25) is 4.79 Å². The van der Waals surface area contributed by atoms with Crippen LogP contribution in [0.2, 0.25) is 0 Å². The highest BCUT2D eigenvalue weighted by molar-refractivity contribution is 7.98. The molecule has 2 aliphatic rings. The number of rotatable bonds is 6. The zero-order valence-corrected chi connectivity index (χ0v) is 18.1. The number of benzene rings is 1. The summed E-state index contributed by atoms with van der Waals surface area (Å²) in [7, 11) is 0. The maximum Gasteiger partial charge on any atom is 0.260 e. The van der Waals surface area contributed by atoms with Gasteiger partial charge in [0, 0.05) is 17.4 Å². The van der Waals surface area contributed by atoms with Crippen LogP contribution in [0.4, 0.5) is 26.0 Å². The lowest BCUT2D eigenvalue weighted by atomic mass is 9.80. The summed E-state index contributed by atoms with van der Waals surface area (Å²) >= 11 is 1.66. The number of nitrogens with one attached hydrogen (secondary N) is 3. The molecule has 162 valence electrons. The first-order valence-corrected chi connectivity index (χ1v) is 11.6. The number of carbonyl (C=O) groups excluding carboxylic acids is 1. The molecule has 2 saturated carbocycles. The molecule has 0 saturated heterocycles. The van der Waals surface area contributed by atoms with E-state index < -0.39 is 24.2 Å². The fraction of sp³-hybridized carbons (Fsp3) is 0.409. The van der Waals surface area contributed by atoms with Crippen molar-refractivity contribution in [1.29, 1.82) is 0 Å². The molecule has 3 aromatic rings. The minimum atomic E-state index is -2.92. The molecule has 9 heteroatoms. The van der Waals surface area contributed by atoms with Crippen LogP contribution in [-0.2, 0) is 4.79 Å². The minimum absolute atomic E-state index is 0.200. The van der Waals surface area contributed by atoms with E-state index in [1.54, 1.807) is 17.8 Å². The van der Waals surface area contributed by atoms with Gasteiger partial charge in [0.25, 0.3) is 5.92 Å². The summed E-state index contributed by atoms with van der Waals surface area (Å²) in [5, 5.41) is 5.95. The van der Waals surface area contributed by atoms with Crippen molar-refractivity contribution < 1.29 is 13.6 Å². The third-order valence-corrected chi connectivity index (χ3v) is 6.82. The van der Waals surface area contributed by atoms with Gasteiger partial charge in [-0.1, -0.05) is 12.5 Å². The third-order valence-electron chi connectivity index (χ3n) is 6.05. The van der Waals surface area contributed by atoms with Crippen LogP contribution in [0.1, 0.15) is 43.0 Å². The molecule has 0 radical (unpaired) electrons. The first-order valence-electron chi connectivity index (χ1n) is 10.3. The van der Waals surface area contributed by atoms with Crippen LogP contribution in [0.25, 0.3) is 11.2 Å². The lowest BCUT2D eigenvalue weighted by molar-refractivity contribution is -0.119. The van der Waals surface area contributed by atoms with Crippen molar-refractivity contribution in [2.75, 3.05) is 16.9 Å². The summed E-state index contributed by atoms with van der Waals surface area (Å²) in [6.45, 7) is 1.81. The van der Waals surface area contributed by atoms with Crippen LogP contribution in [-0.4, -0.2) is 33.0 Å². The van der Waals surface area contributed by atoms with Crippen molar-refractivity contribution in [1.82, 2.24) is 15.0 Å². The van der Waals surface area contributed by atoms with E-state index in [9.17, 15) is 13.6 Å². The number of aromatic nitrogens is 3. The average molecular weight is 444 g/mol. The molecule has 1 unspecified atom stereocenters. The second-order valence-electron chi connectivity index (χ2n) is 8.30. The second-order valence-corrected chi connectivity index (χ2v) is 9.14. The van der Waals surface area contributed by atoms with Crippen LogP contribution in [0.5, 0.6) is 0 Å². The van der Waals surface area contributed by atoms with Crippen molar-refractivity contribution in [3.05, 3.63) is 35.7 Å². The minimum Gasteiger partial charge on any atom is -0.353 e. The number of halogens is 2. The van der Waals surface area contributed by atoms with Gasteiger partial charge in [0.15, 0.2) is 5.65 Å². The molecular weight excluding hydrogens is 420 g/mol. The Balaban J connectivity index is 1.46. The van der Waals surface area contributed by atoms with E-state index >= 15 is 0 Å². The third kappa shape index (κ3) is 3.86. The van der Waals surface area contributed by atoms with Gasteiger partial charge in [-0.25, -0.2) is 18.7 Å². The van der Waals surface area contributed by atoms with Crippen molar-refractivity contribution in [2.45, 2.75) is 49.3 Å². The Morgan fingerprint density at radius 3 is 2.65 bits per heavy atom. The van der Waals surface area contributed by atoms with E-state index in [1.165, 1.54) is 24.8 Å².